The highest BCUT2D eigenvalue weighted by molar-refractivity contribution is 6.30. The molecule has 0 saturated carbocycles. The number of nitrogens with one attached hydrogen (secondary N) is 2. The highest BCUT2D eigenvalue weighted by Crippen LogP contribution is 2.17. The number of ether oxygens (including phenoxy) is 1. The number of hydrogen-bond donors (Lipinski definition) is 2. The Morgan fingerprint density at radius 2 is 1.86 bits per heavy atom. The molecule has 8 nitrogen and oxygen atoms in total. The van der Waals surface area contributed by atoms with Crippen LogP contribution in [-0.4, -0.2) is 33.4 Å². The van der Waals surface area contributed by atoms with Gasteiger partial charge in [0, 0.05) is 16.4 Å². The van der Waals surface area contributed by atoms with E-state index in [4.69, 9.17) is 16.3 Å². The predicted octanol–water partition coefficient (Wildman–Crippen LogP) is 3.53. The van der Waals surface area contributed by atoms with E-state index in [9.17, 15) is 9.59 Å². The van der Waals surface area contributed by atoms with Crippen LogP contribution in [0.25, 0.3) is 0 Å². The molecule has 0 fully saturated rings. The molecule has 0 bridgehead atoms. The van der Waals surface area contributed by atoms with Crippen LogP contribution in [0.4, 0.5) is 11.4 Å². The fourth-order valence-corrected chi connectivity index (χ4v) is 2.80. The largest absolute Gasteiger partial charge is 0.494 e. The number of anilines is 2. The van der Waals surface area contributed by atoms with E-state index in [1.54, 1.807) is 55.5 Å². The Morgan fingerprint density at radius 1 is 1.10 bits per heavy atom. The van der Waals surface area contributed by atoms with Crippen LogP contribution in [0.1, 0.15) is 23.1 Å². The summed E-state index contributed by atoms with van der Waals surface area (Å²) in [6, 6.07) is 13.8. The molecular weight excluding hydrogens is 394 g/mol. The van der Waals surface area contributed by atoms with Crippen LogP contribution in [0, 0.1) is 6.92 Å². The van der Waals surface area contributed by atoms with Crippen LogP contribution in [-0.2, 0) is 11.3 Å². The lowest BCUT2D eigenvalue weighted by Crippen LogP contribution is -2.21. The minimum atomic E-state index is -0.409. The third-order valence-electron chi connectivity index (χ3n) is 4.02. The molecule has 3 rings (SSSR count). The highest BCUT2D eigenvalue weighted by Gasteiger charge is 2.18. The Hall–Kier alpha value is -3.39. The van der Waals surface area contributed by atoms with Crippen molar-refractivity contribution in [3.05, 3.63) is 64.9 Å². The van der Waals surface area contributed by atoms with Gasteiger partial charge in [-0.25, -0.2) is 4.68 Å². The molecule has 3 aromatic rings. The molecule has 1 aromatic heterocycles. The maximum atomic E-state index is 12.5. The molecule has 0 spiro atoms. The van der Waals surface area contributed by atoms with E-state index >= 15 is 0 Å². The van der Waals surface area contributed by atoms with Gasteiger partial charge in [-0.05, 0) is 56.3 Å². The summed E-state index contributed by atoms with van der Waals surface area (Å²) in [6.07, 6.45) is 0. The van der Waals surface area contributed by atoms with Crippen molar-refractivity contribution in [2.45, 2.75) is 20.4 Å². The van der Waals surface area contributed by atoms with Gasteiger partial charge in [0.1, 0.15) is 12.3 Å². The summed E-state index contributed by atoms with van der Waals surface area (Å²) in [5.74, 6) is 0.00485. The van der Waals surface area contributed by atoms with Gasteiger partial charge in [-0.2, -0.15) is 0 Å². The van der Waals surface area contributed by atoms with Gasteiger partial charge in [0.05, 0.1) is 12.3 Å². The molecule has 0 aliphatic carbocycles. The Balaban J connectivity index is 1.63. The first-order chi connectivity index (χ1) is 14.0. The van der Waals surface area contributed by atoms with Crippen LogP contribution < -0.4 is 15.4 Å². The van der Waals surface area contributed by atoms with Gasteiger partial charge < -0.3 is 15.4 Å². The third-order valence-corrected chi connectivity index (χ3v) is 4.26. The van der Waals surface area contributed by atoms with E-state index in [1.807, 2.05) is 6.92 Å². The fourth-order valence-electron chi connectivity index (χ4n) is 2.61. The van der Waals surface area contributed by atoms with Gasteiger partial charge in [-0.3, -0.25) is 9.59 Å². The van der Waals surface area contributed by atoms with E-state index in [0.29, 0.717) is 28.7 Å². The summed E-state index contributed by atoms with van der Waals surface area (Å²) < 4.78 is 6.74. The Morgan fingerprint density at radius 3 is 2.55 bits per heavy atom. The number of benzene rings is 2. The summed E-state index contributed by atoms with van der Waals surface area (Å²) in [6.45, 7) is 4.07. The lowest BCUT2D eigenvalue weighted by Gasteiger charge is -2.07. The Labute approximate surface area is 172 Å². The number of carbonyl (C=O) groups excluding carboxylic acids is 2. The molecule has 0 aliphatic rings. The van der Waals surface area contributed by atoms with Crippen LogP contribution >= 0.6 is 11.6 Å². The number of carbonyl (C=O) groups is 2. The maximum Gasteiger partial charge on any atom is 0.278 e. The molecule has 2 amide bonds. The van der Waals surface area contributed by atoms with Crippen molar-refractivity contribution in [1.82, 2.24) is 15.0 Å². The Bertz CT molecular complexity index is 1020. The first-order valence-corrected chi connectivity index (χ1v) is 9.33. The SMILES string of the molecule is CCOc1ccc(NC(=O)c2nnn(CC(=O)Nc3cccc(Cl)c3)c2C)cc1. The second-order valence-electron chi connectivity index (χ2n) is 6.15. The average Bonchev–Trinajstić information content (AvgIpc) is 3.04. The predicted molar refractivity (Wildman–Crippen MR) is 110 cm³/mol. The fraction of sp³-hybridized carbons (Fsp3) is 0.200. The summed E-state index contributed by atoms with van der Waals surface area (Å²) in [7, 11) is 0. The van der Waals surface area contributed by atoms with Crippen LogP contribution in [0.3, 0.4) is 0 Å². The summed E-state index contributed by atoms with van der Waals surface area (Å²) in [4.78, 5) is 24.7. The van der Waals surface area contributed by atoms with Crippen LogP contribution in [0.5, 0.6) is 5.75 Å². The zero-order chi connectivity index (χ0) is 20.8. The van der Waals surface area contributed by atoms with Crippen molar-refractivity contribution in [3.8, 4) is 5.75 Å². The third kappa shape index (κ3) is 5.32. The first kappa shape index (κ1) is 20.3. The number of amides is 2. The van der Waals surface area contributed by atoms with Crippen molar-refractivity contribution in [1.29, 1.82) is 0 Å². The average molecular weight is 414 g/mol. The second-order valence-corrected chi connectivity index (χ2v) is 6.59. The zero-order valence-corrected chi connectivity index (χ0v) is 16.7. The molecule has 0 unspecified atom stereocenters. The first-order valence-electron chi connectivity index (χ1n) is 8.96. The smallest absolute Gasteiger partial charge is 0.278 e. The minimum Gasteiger partial charge on any atom is -0.494 e. The van der Waals surface area contributed by atoms with Crippen molar-refractivity contribution >= 4 is 34.8 Å². The van der Waals surface area contributed by atoms with Gasteiger partial charge in [0.2, 0.25) is 5.91 Å². The number of rotatable bonds is 7. The summed E-state index contributed by atoms with van der Waals surface area (Å²) in [5.41, 5.74) is 1.81. The van der Waals surface area contributed by atoms with Crippen molar-refractivity contribution in [2.24, 2.45) is 0 Å². The van der Waals surface area contributed by atoms with Crippen molar-refractivity contribution in [3.63, 3.8) is 0 Å². The van der Waals surface area contributed by atoms with Crippen molar-refractivity contribution in [2.75, 3.05) is 17.2 Å². The molecule has 0 aliphatic heterocycles. The molecule has 1 heterocycles. The number of halogens is 1. The van der Waals surface area contributed by atoms with E-state index in [2.05, 4.69) is 20.9 Å². The molecular formula is C20H20ClN5O3. The quantitative estimate of drug-likeness (QED) is 0.617. The standard InChI is InChI=1S/C20H20ClN5O3/c1-3-29-17-9-7-15(8-10-17)23-20(28)19-13(2)26(25-24-19)12-18(27)22-16-6-4-5-14(21)11-16/h4-11H,3,12H2,1-2H3,(H,22,27)(H,23,28). The monoisotopic (exact) mass is 413 g/mol. The normalized spacial score (nSPS) is 10.4. The maximum absolute atomic E-state index is 12.5. The van der Waals surface area contributed by atoms with Gasteiger partial charge in [0.25, 0.3) is 5.91 Å². The van der Waals surface area contributed by atoms with Gasteiger partial charge >= 0.3 is 0 Å². The molecule has 0 atom stereocenters. The summed E-state index contributed by atoms with van der Waals surface area (Å²) in [5, 5.41) is 13.8. The number of aromatic nitrogens is 3. The van der Waals surface area contributed by atoms with E-state index < -0.39 is 5.91 Å². The number of nitrogens with zero attached hydrogens (tertiary/aromatic N) is 3. The topological polar surface area (TPSA) is 98.1 Å². The van der Waals surface area contributed by atoms with Crippen molar-refractivity contribution < 1.29 is 14.3 Å². The molecule has 29 heavy (non-hydrogen) atoms. The molecule has 2 N–H and O–H groups in total. The Kier molecular flexibility index (Phi) is 6.46. The highest BCUT2D eigenvalue weighted by atomic mass is 35.5. The number of hydrogen-bond acceptors (Lipinski definition) is 5. The van der Waals surface area contributed by atoms with E-state index in [0.717, 1.165) is 5.75 Å². The molecule has 9 heteroatoms. The lowest BCUT2D eigenvalue weighted by molar-refractivity contribution is -0.117. The lowest BCUT2D eigenvalue weighted by atomic mass is 10.2. The second kappa shape index (κ2) is 9.20. The molecule has 150 valence electrons. The van der Waals surface area contributed by atoms with Gasteiger partial charge in [-0.1, -0.05) is 22.9 Å². The van der Waals surface area contributed by atoms with Crippen LogP contribution in [0.2, 0.25) is 5.02 Å². The van der Waals surface area contributed by atoms with Gasteiger partial charge in [0.15, 0.2) is 5.69 Å². The van der Waals surface area contributed by atoms with E-state index in [-0.39, 0.29) is 18.1 Å². The zero-order valence-electron chi connectivity index (χ0n) is 16.0. The molecule has 0 saturated heterocycles. The molecule has 2 aromatic carbocycles. The van der Waals surface area contributed by atoms with Crippen LogP contribution in [0.15, 0.2) is 48.5 Å². The van der Waals surface area contributed by atoms with E-state index in [1.165, 1.54) is 4.68 Å². The molecule has 0 radical (unpaired) electrons. The summed E-state index contributed by atoms with van der Waals surface area (Å²) >= 11 is 5.91. The van der Waals surface area contributed by atoms with Gasteiger partial charge in [-0.15, -0.1) is 5.10 Å². The minimum absolute atomic E-state index is 0.0817.